The lowest BCUT2D eigenvalue weighted by atomic mass is 9.53. The van der Waals surface area contributed by atoms with Crippen molar-refractivity contribution in [1.82, 2.24) is 5.32 Å². The van der Waals surface area contributed by atoms with Gasteiger partial charge in [-0.1, -0.05) is 32.8 Å². The first-order valence-corrected chi connectivity index (χ1v) is 10.4. The second kappa shape index (κ2) is 7.34. The molecule has 1 aromatic rings. The summed E-state index contributed by atoms with van der Waals surface area (Å²) >= 11 is 0. The predicted molar refractivity (Wildman–Crippen MR) is 103 cm³/mol. The van der Waals surface area contributed by atoms with Gasteiger partial charge in [0.2, 0.25) is 6.29 Å². The molecule has 2 aliphatic carbocycles. The maximum atomic E-state index is 11.0. The van der Waals surface area contributed by atoms with E-state index < -0.39 is 12.4 Å². The van der Waals surface area contributed by atoms with E-state index in [1.807, 2.05) is 19.9 Å². The van der Waals surface area contributed by atoms with Crippen molar-refractivity contribution in [2.24, 2.45) is 11.8 Å². The van der Waals surface area contributed by atoms with Crippen molar-refractivity contribution >= 4 is 6.16 Å². The smallest absolute Gasteiger partial charge is 0.455 e. The minimum atomic E-state index is -1.29. The Morgan fingerprint density at radius 1 is 1.33 bits per heavy atom. The Balaban J connectivity index is 1.63. The van der Waals surface area contributed by atoms with E-state index in [0.29, 0.717) is 24.3 Å². The highest BCUT2D eigenvalue weighted by Crippen LogP contribution is 2.54. The summed E-state index contributed by atoms with van der Waals surface area (Å²) in [6.45, 7) is 5.16. The molecule has 0 amide bonds. The molecule has 0 radical (unpaired) electrons. The van der Waals surface area contributed by atoms with Gasteiger partial charge in [0.15, 0.2) is 0 Å². The average Bonchev–Trinajstić information content (AvgIpc) is 2.61. The molecule has 0 spiro atoms. The third-order valence-electron chi connectivity index (χ3n) is 6.78. The highest BCUT2D eigenvalue weighted by Gasteiger charge is 2.51. The first-order valence-electron chi connectivity index (χ1n) is 10.4. The molecule has 0 aromatic heterocycles. The molecule has 2 bridgehead atoms. The third kappa shape index (κ3) is 3.54. The topological polar surface area (TPSA) is 67.8 Å². The fourth-order valence-electron chi connectivity index (χ4n) is 5.75. The number of hydrogen-bond acceptors (Lipinski definition) is 4. The van der Waals surface area contributed by atoms with Gasteiger partial charge < -0.3 is 19.9 Å². The first-order chi connectivity index (χ1) is 13.0. The molecule has 3 aliphatic rings. The van der Waals surface area contributed by atoms with Gasteiger partial charge in [0, 0.05) is 17.9 Å². The highest BCUT2D eigenvalue weighted by molar-refractivity contribution is 5.57. The van der Waals surface area contributed by atoms with Crippen LogP contribution in [0, 0.1) is 11.8 Å². The van der Waals surface area contributed by atoms with Crippen LogP contribution in [0.15, 0.2) is 18.2 Å². The van der Waals surface area contributed by atoms with Crippen LogP contribution < -0.4 is 10.1 Å². The second-order valence-corrected chi connectivity index (χ2v) is 8.90. The quantitative estimate of drug-likeness (QED) is 0.588. The Kier molecular flexibility index (Phi) is 5.06. The Hall–Kier alpha value is -1.75. The summed E-state index contributed by atoms with van der Waals surface area (Å²) in [5.74, 6) is 1.74. The molecule has 4 atom stereocenters. The summed E-state index contributed by atoms with van der Waals surface area (Å²) in [5, 5.41) is 12.8. The number of hydrogen-bond donors (Lipinski definition) is 2. The van der Waals surface area contributed by atoms with Crippen molar-refractivity contribution in [3.05, 3.63) is 29.3 Å². The van der Waals surface area contributed by atoms with Crippen LogP contribution >= 0.6 is 0 Å². The van der Waals surface area contributed by atoms with Crippen LogP contribution in [0.3, 0.4) is 0 Å². The van der Waals surface area contributed by atoms with Crippen molar-refractivity contribution in [2.45, 2.75) is 76.5 Å². The zero-order valence-electron chi connectivity index (χ0n) is 16.4. The van der Waals surface area contributed by atoms with Crippen molar-refractivity contribution in [2.75, 3.05) is 6.54 Å². The number of carboxylic acid groups (broad SMARTS) is 1. The minimum absolute atomic E-state index is 0.266. The molecule has 1 aromatic carbocycles. The number of benzene rings is 1. The number of piperidine rings is 1. The molecule has 2 N–H and O–H groups in total. The molecule has 27 heavy (non-hydrogen) atoms. The molecule has 1 unspecified atom stereocenters. The number of ether oxygens (including phenoxy) is 2. The van der Waals surface area contributed by atoms with Crippen molar-refractivity contribution in [1.29, 1.82) is 0 Å². The van der Waals surface area contributed by atoms with E-state index >= 15 is 0 Å². The zero-order valence-corrected chi connectivity index (χ0v) is 16.4. The Labute approximate surface area is 161 Å². The van der Waals surface area contributed by atoms with Crippen LogP contribution in [0.2, 0.25) is 0 Å². The van der Waals surface area contributed by atoms with Gasteiger partial charge in [-0.3, -0.25) is 0 Å². The van der Waals surface area contributed by atoms with E-state index in [9.17, 15) is 4.79 Å². The summed E-state index contributed by atoms with van der Waals surface area (Å²) in [5.41, 5.74) is 3.14. The SMILES string of the molecule is CC(C)CC(OC(=O)O)Oc1ccc2c(c1)[C@@]13CCCC[C@H]1[C@@H](C2)NCC3. The lowest BCUT2D eigenvalue weighted by molar-refractivity contribution is -0.0634. The van der Waals surface area contributed by atoms with Crippen molar-refractivity contribution in [3.8, 4) is 5.75 Å². The highest BCUT2D eigenvalue weighted by atomic mass is 16.8. The molecule has 1 saturated heterocycles. The summed E-state index contributed by atoms with van der Waals surface area (Å²) in [7, 11) is 0. The van der Waals surface area contributed by atoms with Crippen LogP contribution in [0.1, 0.15) is 63.5 Å². The summed E-state index contributed by atoms with van der Waals surface area (Å²) in [6.07, 6.45) is 5.96. The minimum Gasteiger partial charge on any atom is -0.455 e. The van der Waals surface area contributed by atoms with E-state index in [1.165, 1.54) is 43.2 Å². The largest absolute Gasteiger partial charge is 0.508 e. The van der Waals surface area contributed by atoms with E-state index in [1.54, 1.807) is 0 Å². The van der Waals surface area contributed by atoms with Gasteiger partial charge >= 0.3 is 6.16 Å². The summed E-state index contributed by atoms with van der Waals surface area (Å²) < 4.78 is 11.0. The maximum absolute atomic E-state index is 11.0. The van der Waals surface area contributed by atoms with Crippen LogP contribution in [0.25, 0.3) is 0 Å². The summed E-state index contributed by atoms with van der Waals surface area (Å²) in [4.78, 5) is 11.0. The molecular weight excluding hydrogens is 342 g/mol. The molecular formula is C22H31NO4. The van der Waals surface area contributed by atoms with Crippen LogP contribution in [-0.2, 0) is 16.6 Å². The number of rotatable bonds is 5. The summed E-state index contributed by atoms with van der Waals surface area (Å²) in [6, 6.07) is 6.95. The molecule has 1 saturated carbocycles. The average molecular weight is 373 g/mol. The maximum Gasteiger partial charge on any atom is 0.508 e. The molecule has 5 heteroatoms. The molecule has 1 aliphatic heterocycles. The third-order valence-corrected chi connectivity index (χ3v) is 6.78. The van der Waals surface area contributed by atoms with Crippen LogP contribution in [0.5, 0.6) is 5.75 Å². The molecule has 5 nitrogen and oxygen atoms in total. The Morgan fingerprint density at radius 2 is 2.19 bits per heavy atom. The standard InChI is InChI=1S/C22H31NO4/c1-14(2)11-20(27-21(24)25)26-16-7-6-15-12-19-17-5-3-4-8-22(17,9-10-23-19)18(15)13-16/h6-7,13-14,17,19-20,23H,3-5,8-12H2,1-2H3,(H,24,25)/t17-,19+,20?,22+/m0/s1. The Bertz CT molecular complexity index is 700. The van der Waals surface area contributed by atoms with E-state index in [4.69, 9.17) is 14.6 Å². The van der Waals surface area contributed by atoms with Gasteiger partial charge in [-0.25, -0.2) is 4.79 Å². The molecule has 1 heterocycles. The number of fused-ring (bicyclic) bond motifs is 1. The Morgan fingerprint density at radius 3 is 2.96 bits per heavy atom. The van der Waals surface area contributed by atoms with Crippen molar-refractivity contribution < 1.29 is 19.4 Å². The predicted octanol–water partition coefficient (Wildman–Crippen LogP) is 4.48. The first kappa shape index (κ1) is 18.6. The fraction of sp³-hybridized carbons (Fsp3) is 0.682. The second-order valence-electron chi connectivity index (χ2n) is 8.90. The monoisotopic (exact) mass is 373 g/mol. The van der Waals surface area contributed by atoms with E-state index in [2.05, 4.69) is 17.4 Å². The normalized spacial score (nSPS) is 30.2. The number of nitrogens with one attached hydrogen (secondary N) is 1. The van der Waals surface area contributed by atoms with Crippen molar-refractivity contribution in [3.63, 3.8) is 0 Å². The van der Waals surface area contributed by atoms with Gasteiger partial charge in [0.05, 0.1) is 0 Å². The zero-order chi connectivity index (χ0) is 19.0. The van der Waals surface area contributed by atoms with Gasteiger partial charge in [0.25, 0.3) is 0 Å². The van der Waals surface area contributed by atoms with Crippen LogP contribution in [-0.4, -0.2) is 30.1 Å². The fourth-order valence-corrected chi connectivity index (χ4v) is 5.75. The van der Waals surface area contributed by atoms with Gasteiger partial charge in [-0.15, -0.1) is 0 Å². The van der Waals surface area contributed by atoms with Gasteiger partial charge in [-0.2, -0.15) is 0 Å². The molecule has 2 fully saturated rings. The lowest BCUT2D eigenvalue weighted by Crippen LogP contribution is -2.59. The number of carbonyl (C=O) groups is 1. The van der Waals surface area contributed by atoms with Gasteiger partial charge in [0.1, 0.15) is 5.75 Å². The van der Waals surface area contributed by atoms with E-state index in [-0.39, 0.29) is 5.41 Å². The molecule has 148 valence electrons. The van der Waals surface area contributed by atoms with E-state index in [0.717, 1.165) is 18.7 Å². The lowest BCUT2D eigenvalue weighted by Gasteiger charge is -2.56. The van der Waals surface area contributed by atoms with Gasteiger partial charge in [-0.05, 0) is 67.3 Å². The van der Waals surface area contributed by atoms with Crippen LogP contribution in [0.4, 0.5) is 4.79 Å². The molecule has 4 rings (SSSR count).